The van der Waals surface area contributed by atoms with Crippen molar-refractivity contribution in [3.05, 3.63) is 81.0 Å². The Hall–Kier alpha value is -3.29. The molecule has 2 N–H and O–H groups in total. The van der Waals surface area contributed by atoms with Crippen LogP contribution in [0.5, 0.6) is 11.5 Å². The van der Waals surface area contributed by atoms with E-state index in [1.807, 2.05) is 0 Å². The molecule has 0 radical (unpaired) electrons. The predicted octanol–water partition coefficient (Wildman–Crippen LogP) is 4.74. The highest BCUT2D eigenvalue weighted by Gasteiger charge is 2.48. The van der Waals surface area contributed by atoms with E-state index in [4.69, 9.17) is 16.3 Å². The summed E-state index contributed by atoms with van der Waals surface area (Å²) in [6.45, 7) is 0. The second-order valence-electron chi connectivity index (χ2n) is 6.52. The largest absolute Gasteiger partial charge is 0.507 e. The molecule has 30 heavy (non-hydrogen) atoms. The van der Waals surface area contributed by atoms with Gasteiger partial charge in [-0.2, -0.15) is 0 Å². The second-order valence-corrected chi connectivity index (χ2v) is 7.93. The first-order chi connectivity index (χ1) is 14.4. The molecule has 4 rings (SSSR count). The Morgan fingerprint density at radius 1 is 1.13 bits per heavy atom. The van der Waals surface area contributed by atoms with Crippen molar-refractivity contribution in [2.75, 3.05) is 12.0 Å². The molecule has 0 saturated carbocycles. The Kier molecular flexibility index (Phi) is 5.24. The van der Waals surface area contributed by atoms with E-state index in [0.717, 1.165) is 4.90 Å². The number of carbonyl (C=O) groups excluding carboxylic acids is 2. The average Bonchev–Trinajstić information content (AvgIpc) is 3.36. The summed E-state index contributed by atoms with van der Waals surface area (Å²) in [5.74, 6) is -1.94. The van der Waals surface area contributed by atoms with Crippen LogP contribution in [0.15, 0.2) is 65.6 Å². The van der Waals surface area contributed by atoms with Crippen molar-refractivity contribution in [3.8, 4) is 11.5 Å². The zero-order chi connectivity index (χ0) is 21.4. The van der Waals surface area contributed by atoms with Gasteiger partial charge in [-0.05, 0) is 41.8 Å². The van der Waals surface area contributed by atoms with Gasteiger partial charge in [0.15, 0.2) is 0 Å². The number of methoxy groups -OCH3 is 1. The van der Waals surface area contributed by atoms with Gasteiger partial charge >= 0.3 is 0 Å². The van der Waals surface area contributed by atoms with Crippen LogP contribution in [0.2, 0.25) is 5.02 Å². The smallest absolute Gasteiger partial charge is 0.300 e. The zero-order valence-electron chi connectivity index (χ0n) is 15.7. The first-order valence-corrected chi connectivity index (χ1v) is 10.2. The molecule has 1 aromatic heterocycles. The molecule has 1 aliphatic heterocycles. The van der Waals surface area contributed by atoms with E-state index in [1.165, 1.54) is 36.6 Å². The molecule has 1 fully saturated rings. The number of hydrogen-bond acceptors (Lipinski definition) is 6. The number of ether oxygens (including phenoxy) is 1. The Labute approximate surface area is 181 Å². The molecule has 1 saturated heterocycles. The van der Waals surface area contributed by atoms with Crippen LogP contribution in [-0.2, 0) is 9.59 Å². The van der Waals surface area contributed by atoms with Crippen LogP contribution in [0.3, 0.4) is 0 Å². The highest BCUT2D eigenvalue weighted by atomic mass is 35.5. The summed E-state index contributed by atoms with van der Waals surface area (Å²) in [5.41, 5.74) is 0.281. The van der Waals surface area contributed by atoms with Crippen molar-refractivity contribution in [2.24, 2.45) is 0 Å². The third-order valence-corrected chi connectivity index (χ3v) is 5.98. The minimum Gasteiger partial charge on any atom is -0.507 e. The Morgan fingerprint density at radius 2 is 1.90 bits per heavy atom. The number of thiophene rings is 1. The lowest BCUT2D eigenvalue weighted by atomic mass is 9.99. The van der Waals surface area contributed by atoms with E-state index in [-0.39, 0.29) is 28.3 Å². The Bertz CT molecular complexity index is 1170. The fraction of sp³-hybridized carbons (Fsp3) is 0.0909. The molecule has 2 aromatic carbocycles. The van der Waals surface area contributed by atoms with Gasteiger partial charge in [-0.1, -0.05) is 29.8 Å². The maximum absolute atomic E-state index is 13.0. The summed E-state index contributed by atoms with van der Waals surface area (Å²) in [5, 5.41) is 23.6. The number of para-hydroxylation sites is 1. The number of aliphatic hydroxyl groups excluding tert-OH is 1. The van der Waals surface area contributed by atoms with Crippen molar-refractivity contribution in [3.63, 3.8) is 0 Å². The molecule has 8 heteroatoms. The van der Waals surface area contributed by atoms with Crippen LogP contribution in [0.25, 0.3) is 5.76 Å². The van der Waals surface area contributed by atoms with Gasteiger partial charge in [0.05, 0.1) is 23.9 Å². The Morgan fingerprint density at radius 3 is 2.60 bits per heavy atom. The normalized spacial score (nSPS) is 18.1. The van der Waals surface area contributed by atoms with Gasteiger partial charge in [-0.15, -0.1) is 11.3 Å². The van der Waals surface area contributed by atoms with Gasteiger partial charge in [0.1, 0.15) is 23.3 Å². The summed E-state index contributed by atoms with van der Waals surface area (Å²) in [6, 6.07) is 13.5. The van der Waals surface area contributed by atoms with Crippen molar-refractivity contribution in [1.82, 2.24) is 0 Å². The quantitative estimate of drug-likeness (QED) is 0.347. The van der Waals surface area contributed by atoms with Gasteiger partial charge in [0.2, 0.25) is 0 Å². The molecule has 1 atom stereocenters. The van der Waals surface area contributed by atoms with E-state index in [1.54, 1.807) is 41.8 Å². The van der Waals surface area contributed by atoms with Gasteiger partial charge in [-0.25, -0.2) is 0 Å². The van der Waals surface area contributed by atoms with E-state index in [0.29, 0.717) is 15.6 Å². The molecule has 6 nitrogen and oxygen atoms in total. The van der Waals surface area contributed by atoms with Gasteiger partial charge in [0.25, 0.3) is 11.7 Å². The van der Waals surface area contributed by atoms with Crippen LogP contribution >= 0.6 is 22.9 Å². The molecular weight excluding hydrogens is 426 g/mol. The third kappa shape index (κ3) is 3.22. The standard InChI is InChI=1S/C22H16ClNO5S/c1-29-16-6-3-2-5-13(16)20(26)18-19(17-7-4-10-30-17)24(22(28)21(18)27)14-11-12(23)8-9-15(14)25/h2-11,19,25-26H,1H3/b20-18-. The second kappa shape index (κ2) is 7.85. The zero-order valence-corrected chi connectivity index (χ0v) is 17.3. The molecular formula is C22H16ClNO5S. The SMILES string of the molecule is COc1ccccc1/C(O)=C1/C(=O)C(=O)N(c2cc(Cl)ccc2O)C1c1cccs1. The first kappa shape index (κ1) is 20.0. The number of nitrogens with zero attached hydrogens (tertiary/aromatic N) is 1. The number of benzene rings is 2. The molecule has 1 unspecified atom stereocenters. The molecule has 3 aromatic rings. The lowest BCUT2D eigenvalue weighted by molar-refractivity contribution is -0.132. The fourth-order valence-corrected chi connectivity index (χ4v) is 4.46. The van der Waals surface area contributed by atoms with Gasteiger partial charge in [0, 0.05) is 9.90 Å². The van der Waals surface area contributed by atoms with Crippen LogP contribution in [-0.4, -0.2) is 29.0 Å². The van der Waals surface area contributed by atoms with Crippen molar-refractivity contribution in [2.45, 2.75) is 6.04 Å². The highest BCUT2D eigenvalue weighted by Crippen LogP contribution is 2.47. The average molecular weight is 442 g/mol. The number of halogens is 1. The van der Waals surface area contributed by atoms with E-state index in [9.17, 15) is 19.8 Å². The molecule has 1 amide bonds. The number of anilines is 1. The minimum absolute atomic E-state index is 0.0853. The molecule has 1 aliphatic rings. The maximum atomic E-state index is 13.0. The molecule has 0 bridgehead atoms. The lowest BCUT2D eigenvalue weighted by Gasteiger charge is -2.25. The topological polar surface area (TPSA) is 87.1 Å². The van der Waals surface area contributed by atoms with E-state index in [2.05, 4.69) is 0 Å². The van der Waals surface area contributed by atoms with Gasteiger partial charge in [-0.3, -0.25) is 14.5 Å². The van der Waals surface area contributed by atoms with Crippen LogP contribution in [0, 0.1) is 0 Å². The summed E-state index contributed by atoms with van der Waals surface area (Å²) in [7, 11) is 1.45. The van der Waals surface area contributed by atoms with Crippen molar-refractivity contribution in [1.29, 1.82) is 0 Å². The number of aliphatic hydroxyl groups is 1. The van der Waals surface area contributed by atoms with Gasteiger partial charge < -0.3 is 14.9 Å². The molecule has 0 spiro atoms. The van der Waals surface area contributed by atoms with Crippen LogP contribution < -0.4 is 9.64 Å². The lowest BCUT2D eigenvalue weighted by Crippen LogP contribution is -2.29. The molecule has 152 valence electrons. The summed E-state index contributed by atoms with van der Waals surface area (Å²) in [6.07, 6.45) is 0. The monoisotopic (exact) mass is 441 g/mol. The van der Waals surface area contributed by atoms with E-state index < -0.39 is 17.7 Å². The van der Waals surface area contributed by atoms with Crippen molar-refractivity contribution >= 4 is 46.1 Å². The number of amides is 1. The third-order valence-electron chi connectivity index (χ3n) is 4.82. The van der Waals surface area contributed by atoms with Crippen LogP contribution in [0.1, 0.15) is 16.5 Å². The molecule has 0 aliphatic carbocycles. The number of phenolic OH excluding ortho intramolecular Hbond substituents is 1. The summed E-state index contributed by atoms with van der Waals surface area (Å²) in [4.78, 5) is 27.9. The number of carbonyl (C=O) groups is 2. The number of phenols is 1. The van der Waals surface area contributed by atoms with Crippen molar-refractivity contribution < 1.29 is 24.5 Å². The first-order valence-electron chi connectivity index (χ1n) is 8.90. The number of rotatable bonds is 4. The molecule has 2 heterocycles. The number of ketones is 1. The predicted molar refractivity (Wildman–Crippen MR) is 115 cm³/mol. The summed E-state index contributed by atoms with van der Waals surface area (Å²) < 4.78 is 5.30. The minimum atomic E-state index is -0.931. The Balaban J connectivity index is 1.98. The number of aromatic hydroxyl groups is 1. The number of Topliss-reactive ketones (excluding diaryl/α,β-unsaturated/α-hetero) is 1. The fourth-order valence-electron chi connectivity index (χ4n) is 3.47. The number of hydrogen-bond donors (Lipinski definition) is 2. The highest BCUT2D eigenvalue weighted by molar-refractivity contribution is 7.10. The summed E-state index contributed by atoms with van der Waals surface area (Å²) >= 11 is 7.40. The van der Waals surface area contributed by atoms with E-state index >= 15 is 0 Å². The maximum Gasteiger partial charge on any atom is 0.300 e. The van der Waals surface area contributed by atoms with Crippen LogP contribution in [0.4, 0.5) is 5.69 Å².